The van der Waals surface area contributed by atoms with E-state index in [1.165, 1.54) is 16.6 Å². The summed E-state index contributed by atoms with van der Waals surface area (Å²) in [5.41, 5.74) is 2.63. The first-order valence-corrected chi connectivity index (χ1v) is 7.32. The van der Waals surface area contributed by atoms with Crippen LogP contribution in [0, 0.1) is 0 Å². The van der Waals surface area contributed by atoms with Crippen LogP contribution in [0.2, 0.25) is 0 Å². The van der Waals surface area contributed by atoms with Gasteiger partial charge in [0.15, 0.2) is 0 Å². The van der Waals surface area contributed by atoms with Gasteiger partial charge in [0, 0.05) is 24.2 Å². The van der Waals surface area contributed by atoms with Crippen molar-refractivity contribution in [3.8, 4) is 0 Å². The fourth-order valence-corrected chi connectivity index (χ4v) is 2.99. The zero-order valence-corrected chi connectivity index (χ0v) is 11.6. The van der Waals surface area contributed by atoms with Gasteiger partial charge < -0.3 is 14.7 Å². The van der Waals surface area contributed by atoms with Gasteiger partial charge in [0.2, 0.25) is 0 Å². The Labute approximate surface area is 119 Å². The molecule has 0 spiro atoms. The van der Waals surface area contributed by atoms with Gasteiger partial charge in [-0.05, 0) is 49.1 Å². The maximum absolute atomic E-state index is 10.5. The molecule has 104 valence electrons. The van der Waals surface area contributed by atoms with E-state index in [4.69, 9.17) is 0 Å². The number of benzene rings is 1. The second kappa shape index (κ2) is 5.95. The first-order chi connectivity index (χ1) is 9.90. The van der Waals surface area contributed by atoms with Gasteiger partial charge >= 0.3 is 0 Å². The number of rotatable bonds is 5. The quantitative estimate of drug-likeness (QED) is 0.667. The molecule has 3 nitrogen and oxygen atoms in total. The van der Waals surface area contributed by atoms with E-state index in [0.717, 1.165) is 32.1 Å². The third-order valence-corrected chi connectivity index (χ3v) is 3.94. The van der Waals surface area contributed by atoms with E-state index in [1.807, 2.05) is 0 Å². The van der Waals surface area contributed by atoms with Crippen LogP contribution in [0.4, 0.5) is 0 Å². The number of hydrogen-bond acceptors (Lipinski definition) is 2. The predicted octanol–water partition coefficient (Wildman–Crippen LogP) is 3.21. The highest BCUT2D eigenvalue weighted by atomic mass is 16.1. The second-order valence-electron chi connectivity index (χ2n) is 5.29. The SMILES string of the molecule is O=CCCCc1cc2ccccc2n1C1C=CNCC1. The number of aldehydes is 1. The lowest BCUT2D eigenvalue weighted by Crippen LogP contribution is -2.21. The number of fused-ring (bicyclic) bond motifs is 1. The fraction of sp³-hybridized carbons (Fsp3) is 0.353. The number of carbonyl (C=O) groups excluding carboxylic acids is 1. The van der Waals surface area contributed by atoms with E-state index < -0.39 is 0 Å². The van der Waals surface area contributed by atoms with Crippen LogP contribution in [0.3, 0.4) is 0 Å². The molecule has 2 heterocycles. The molecular weight excluding hydrogens is 248 g/mol. The smallest absolute Gasteiger partial charge is 0.120 e. The van der Waals surface area contributed by atoms with Gasteiger partial charge in [-0.15, -0.1) is 0 Å². The normalized spacial score (nSPS) is 18.1. The van der Waals surface area contributed by atoms with Crippen molar-refractivity contribution in [2.75, 3.05) is 6.54 Å². The van der Waals surface area contributed by atoms with Crippen molar-refractivity contribution in [3.63, 3.8) is 0 Å². The van der Waals surface area contributed by atoms with Crippen molar-refractivity contribution in [1.29, 1.82) is 0 Å². The number of nitrogens with one attached hydrogen (secondary N) is 1. The number of unbranched alkanes of at least 4 members (excludes halogenated alkanes) is 1. The number of allylic oxidation sites excluding steroid dienone is 1. The van der Waals surface area contributed by atoms with E-state index in [-0.39, 0.29) is 0 Å². The van der Waals surface area contributed by atoms with Crippen molar-refractivity contribution in [2.24, 2.45) is 0 Å². The van der Waals surface area contributed by atoms with Crippen LogP contribution in [0.15, 0.2) is 42.6 Å². The zero-order chi connectivity index (χ0) is 13.8. The maximum Gasteiger partial charge on any atom is 0.120 e. The number of para-hydroxylation sites is 1. The summed E-state index contributed by atoms with van der Waals surface area (Å²) in [6, 6.07) is 11.2. The van der Waals surface area contributed by atoms with Crippen molar-refractivity contribution < 1.29 is 4.79 Å². The van der Waals surface area contributed by atoms with Crippen molar-refractivity contribution in [1.82, 2.24) is 9.88 Å². The Kier molecular flexibility index (Phi) is 3.86. The molecule has 0 radical (unpaired) electrons. The van der Waals surface area contributed by atoms with Crippen molar-refractivity contribution in [3.05, 3.63) is 48.3 Å². The summed E-state index contributed by atoms with van der Waals surface area (Å²) in [7, 11) is 0. The summed E-state index contributed by atoms with van der Waals surface area (Å²) in [6.45, 7) is 1.02. The molecule has 0 amide bonds. The van der Waals surface area contributed by atoms with Crippen LogP contribution < -0.4 is 5.32 Å². The highest BCUT2D eigenvalue weighted by molar-refractivity contribution is 5.81. The molecule has 1 aliphatic heterocycles. The molecule has 2 aromatic rings. The first kappa shape index (κ1) is 13.0. The fourth-order valence-electron chi connectivity index (χ4n) is 2.99. The Morgan fingerprint density at radius 1 is 1.35 bits per heavy atom. The molecule has 3 heteroatoms. The molecule has 0 saturated carbocycles. The lowest BCUT2D eigenvalue weighted by Gasteiger charge is -2.23. The summed E-state index contributed by atoms with van der Waals surface area (Å²) in [5, 5.41) is 4.55. The van der Waals surface area contributed by atoms with Crippen LogP contribution in [-0.4, -0.2) is 17.4 Å². The van der Waals surface area contributed by atoms with Crippen LogP contribution in [0.25, 0.3) is 10.9 Å². The molecule has 1 atom stereocenters. The molecule has 1 aromatic heterocycles. The standard InChI is InChI=1S/C17H20N2O/c20-12-4-3-6-16-13-14-5-1-2-7-17(14)19(16)15-8-10-18-11-9-15/h1-2,5,7-8,10,12-13,15,18H,3-4,6,9,11H2. The molecule has 1 aromatic carbocycles. The van der Waals surface area contributed by atoms with E-state index in [9.17, 15) is 4.79 Å². The molecule has 0 bridgehead atoms. The highest BCUT2D eigenvalue weighted by Crippen LogP contribution is 2.28. The highest BCUT2D eigenvalue weighted by Gasteiger charge is 2.16. The number of carbonyl (C=O) groups is 1. The number of aryl methyl sites for hydroxylation is 1. The van der Waals surface area contributed by atoms with E-state index >= 15 is 0 Å². The Morgan fingerprint density at radius 3 is 3.05 bits per heavy atom. The third-order valence-electron chi connectivity index (χ3n) is 3.94. The lowest BCUT2D eigenvalue weighted by molar-refractivity contribution is -0.107. The molecule has 20 heavy (non-hydrogen) atoms. The Bertz CT molecular complexity index is 627. The maximum atomic E-state index is 10.5. The molecule has 1 aliphatic rings. The average Bonchev–Trinajstić information content (AvgIpc) is 2.86. The molecule has 0 fully saturated rings. The van der Waals surface area contributed by atoms with Gasteiger partial charge in [0.1, 0.15) is 6.29 Å². The molecule has 0 saturated heterocycles. The minimum absolute atomic E-state index is 0.419. The second-order valence-corrected chi connectivity index (χ2v) is 5.29. The molecule has 1 N–H and O–H groups in total. The van der Waals surface area contributed by atoms with Gasteiger partial charge in [-0.3, -0.25) is 0 Å². The summed E-state index contributed by atoms with van der Waals surface area (Å²) >= 11 is 0. The van der Waals surface area contributed by atoms with Crippen molar-refractivity contribution >= 4 is 17.2 Å². The van der Waals surface area contributed by atoms with E-state index in [0.29, 0.717) is 12.5 Å². The first-order valence-electron chi connectivity index (χ1n) is 7.32. The molecule has 0 aliphatic carbocycles. The van der Waals surface area contributed by atoms with E-state index in [2.05, 4.69) is 52.5 Å². The van der Waals surface area contributed by atoms with Crippen LogP contribution in [0.5, 0.6) is 0 Å². The molecule has 3 rings (SSSR count). The molecular formula is C17H20N2O. The van der Waals surface area contributed by atoms with Crippen LogP contribution >= 0.6 is 0 Å². The van der Waals surface area contributed by atoms with Crippen LogP contribution in [0.1, 0.15) is 31.0 Å². The number of aromatic nitrogens is 1. The number of nitrogens with zero attached hydrogens (tertiary/aromatic N) is 1. The third kappa shape index (κ3) is 2.48. The van der Waals surface area contributed by atoms with Crippen molar-refractivity contribution in [2.45, 2.75) is 31.7 Å². The van der Waals surface area contributed by atoms with Gasteiger partial charge in [-0.25, -0.2) is 0 Å². The summed E-state index contributed by atoms with van der Waals surface area (Å²) in [5.74, 6) is 0. The van der Waals surface area contributed by atoms with Gasteiger partial charge in [0.05, 0.1) is 6.04 Å². The van der Waals surface area contributed by atoms with E-state index in [1.54, 1.807) is 0 Å². The van der Waals surface area contributed by atoms with Gasteiger partial charge in [-0.2, -0.15) is 0 Å². The number of hydrogen-bond donors (Lipinski definition) is 1. The van der Waals surface area contributed by atoms with Crippen LogP contribution in [-0.2, 0) is 11.2 Å². The monoisotopic (exact) mass is 268 g/mol. The van der Waals surface area contributed by atoms with Gasteiger partial charge in [0.25, 0.3) is 0 Å². The zero-order valence-electron chi connectivity index (χ0n) is 11.6. The Morgan fingerprint density at radius 2 is 2.25 bits per heavy atom. The Hall–Kier alpha value is -2.03. The summed E-state index contributed by atoms with van der Waals surface area (Å²) in [4.78, 5) is 10.5. The summed E-state index contributed by atoms with van der Waals surface area (Å²) in [6.07, 6.45) is 8.94. The average molecular weight is 268 g/mol. The Balaban J connectivity index is 2.00. The van der Waals surface area contributed by atoms with Gasteiger partial charge in [-0.1, -0.05) is 18.2 Å². The largest absolute Gasteiger partial charge is 0.391 e. The molecule has 1 unspecified atom stereocenters. The lowest BCUT2D eigenvalue weighted by atomic mass is 10.1. The predicted molar refractivity (Wildman–Crippen MR) is 81.7 cm³/mol. The minimum Gasteiger partial charge on any atom is -0.391 e. The summed E-state index contributed by atoms with van der Waals surface area (Å²) < 4.78 is 2.44. The topological polar surface area (TPSA) is 34.0 Å². The minimum atomic E-state index is 0.419.